The molecule has 1 N–H and O–H groups in total. The number of halogens is 2. The second-order valence-corrected chi connectivity index (χ2v) is 12.6. The highest BCUT2D eigenvalue weighted by Gasteiger charge is 2.29. The zero-order valence-corrected chi connectivity index (χ0v) is 22.3. The van der Waals surface area contributed by atoms with Crippen molar-refractivity contribution in [2.24, 2.45) is 5.92 Å². The van der Waals surface area contributed by atoms with Gasteiger partial charge in [0.25, 0.3) is 6.43 Å². The Morgan fingerprint density at radius 3 is 2.33 bits per heavy atom. The highest BCUT2D eigenvalue weighted by atomic mass is 32.2. The summed E-state index contributed by atoms with van der Waals surface area (Å²) < 4.78 is 56.8. The smallest absolute Gasteiger partial charge is 0.291 e. The number of hydrogen-bond acceptors (Lipinski definition) is 8. The monoisotopic (exact) mass is 541 g/mol. The first-order chi connectivity index (χ1) is 16.8. The van der Waals surface area contributed by atoms with E-state index in [4.69, 9.17) is 0 Å². The molecule has 36 heavy (non-hydrogen) atoms. The summed E-state index contributed by atoms with van der Waals surface area (Å²) in [6.07, 6.45) is -1.21. The summed E-state index contributed by atoms with van der Waals surface area (Å²) in [5.41, 5.74) is 0.310. The van der Waals surface area contributed by atoms with Crippen LogP contribution in [-0.4, -0.2) is 70.9 Å². The van der Waals surface area contributed by atoms with Crippen LogP contribution >= 0.6 is 11.3 Å². The Morgan fingerprint density at radius 2 is 1.78 bits per heavy atom. The fourth-order valence-electron chi connectivity index (χ4n) is 4.05. The summed E-state index contributed by atoms with van der Waals surface area (Å²) in [4.78, 5) is 16.3. The van der Waals surface area contributed by atoms with Crippen LogP contribution in [0.3, 0.4) is 0 Å². The highest BCUT2D eigenvalue weighted by Crippen LogP contribution is 2.34. The van der Waals surface area contributed by atoms with Crippen LogP contribution in [0, 0.1) is 5.92 Å². The molecule has 10 nitrogen and oxygen atoms in total. The molecule has 1 aromatic carbocycles. The number of piperazine rings is 1. The van der Waals surface area contributed by atoms with Gasteiger partial charge in [0, 0.05) is 48.7 Å². The predicted octanol–water partition coefficient (Wildman–Crippen LogP) is 3.20. The maximum atomic E-state index is 13.3. The van der Waals surface area contributed by atoms with E-state index in [1.165, 1.54) is 10.7 Å². The quantitative estimate of drug-likeness (QED) is 0.510. The number of benzene rings is 1. The average Bonchev–Trinajstić information content (AvgIpc) is 3.43. The van der Waals surface area contributed by atoms with Gasteiger partial charge in [0.2, 0.25) is 21.1 Å². The van der Waals surface area contributed by atoms with Gasteiger partial charge >= 0.3 is 0 Å². The molecule has 3 heterocycles. The van der Waals surface area contributed by atoms with E-state index in [1.54, 1.807) is 37.9 Å². The molecule has 0 aliphatic carbocycles. The third-order valence-electron chi connectivity index (χ3n) is 5.61. The molecule has 1 amide bonds. The second kappa shape index (κ2) is 9.63. The van der Waals surface area contributed by atoms with Crippen molar-refractivity contribution in [3.05, 3.63) is 23.3 Å². The zero-order valence-electron chi connectivity index (χ0n) is 20.7. The molecule has 0 saturated carbocycles. The molecule has 14 heteroatoms. The largest absolute Gasteiger partial charge is 0.367 e. The normalized spacial score (nSPS) is 15.5. The van der Waals surface area contributed by atoms with Crippen LogP contribution in [0.4, 0.5) is 14.5 Å². The van der Waals surface area contributed by atoms with E-state index in [-0.39, 0.29) is 21.9 Å². The van der Waals surface area contributed by atoms with Crippen molar-refractivity contribution in [3.8, 4) is 5.13 Å². The van der Waals surface area contributed by atoms with Gasteiger partial charge in [-0.1, -0.05) is 25.2 Å². The number of nitrogens with one attached hydrogen (secondary N) is 1. The van der Waals surface area contributed by atoms with Gasteiger partial charge in [-0.05, 0) is 32.9 Å². The minimum Gasteiger partial charge on any atom is -0.367 e. The Bertz CT molecular complexity index is 1370. The molecule has 3 aromatic rings. The lowest BCUT2D eigenvalue weighted by atomic mass is 10.1. The number of rotatable bonds is 6. The second-order valence-electron chi connectivity index (χ2n) is 9.98. The van der Waals surface area contributed by atoms with Gasteiger partial charge in [-0.25, -0.2) is 26.6 Å². The van der Waals surface area contributed by atoms with Crippen molar-refractivity contribution in [3.63, 3.8) is 0 Å². The molecule has 0 bridgehead atoms. The van der Waals surface area contributed by atoms with Crippen LogP contribution in [-0.2, 0) is 14.8 Å². The number of aromatic nitrogens is 4. The van der Waals surface area contributed by atoms with Crippen molar-refractivity contribution >= 4 is 43.9 Å². The van der Waals surface area contributed by atoms with Gasteiger partial charge in [-0.15, -0.1) is 10.2 Å². The van der Waals surface area contributed by atoms with E-state index in [0.717, 1.165) is 0 Å². The summed E-state index contributed by atoms with van der Waals surface area (Å²) in [6.45, 7) is 10.9. The first-order valence-electron chi connectivity index (χ1n) is 11.5. The Hall–Kier alpha value is -2.71. The van der Waals surface area contributed by atoms with Gasteiger partial charge in [-0.2, -0.15) is 5.10 Å². The van der Waals surface area contributed by atoms with Gasteiger partial charge < -0.3 is 9.80 Å². The van der Waals surface area contributed by atoms with Crippen LogP contribution in [0.15, 0.2) is 23.2 Å². The molecule has 1 aliphatic heterocycles. The first kappa shape index (κ1) is 26.4. The summed E-state index contributed by atoms with van der Waals surface area (Å²) in [7, 11) is -3.93. The molecular formula is C22H29F2N7O3S2. The summed E-state index contributed by atoms with van der Waals surface area (Å²) in [6, 6.07) is 3.05. The number of amides is 1. The number of fused-ring (bicyclic) bond motifs is 1. The Labute approximate surface area is 212 Å². The fraction of sp³-hybridized carbons (Fsp3) is 0.545. The number of anilines is 1. The number of hydrogen-bond donors (Lipinski definition) is 1. The fourth-order valence-corrected chi connectivity index (χ4v) is 6.18. The highest BCUT2D eigenvalue weighted by molar-refractivity contribution is 7.89. The van der Waals surface area contributed by atoms with Crippen LogP contribution in [0.1, 0.15) is 46.1 Å². The predicted molar refractivity (Wildman–Crippen MR) is 133 cm³/mol. The molecule has 1 saturated heterocycles. The standard InChI is InChI=1S/C22H29F2N7O3S2/c1-13(2)20(32)30-8-6-29(7-9-30)16-10-14(36(33,34)28-22(3,4)5)11-17-15(16)12-25-31(17)21-27-26-19(35-21)18(23)24/h10-13,18,28H,6-9H2,1-5H3. The number of sulfonamides is 1. The van der Waals surface area contributed by atoms with Crippen LogP contribution in [0.25, 0.3) is 16.0 Å². The minimum atomic E-state index is -3.93. The van der Waals surface area contributed by atoms with Crippen LogP contribution < -0.4 is 9.62 Å². The third kappa shape index (κ3) is 5.34. The van der Waals surface area contributed by atoms with E-state index < -0.39 is 27.0 Å². The SMILES string of the molecule is CC(C)C(=O)N1CCN(c2cc(S(=O)(=O)NC(C)(C)C)cc3c2cnn3-c2nnc(C(F)F)s2)CC1. The molecule has 0 radical (unpaired) electrons. The van der Waals surface area contributed by atoms with E-state index in [2.05, 4.69) is 20.0 Å². The van der Waals surface area contributed by atoms with Gasteiger partial charge in [0.05, 0.1) is 16.6 Å². The Balaban J connectivity index is 1.80. The molecule has 0 unspecified atom stereocenters. The molecule has 2 aromatic heterocycles. The summed E-state index contributed by atoms with van der Waals surface area (Å²) in [5.74, 6) is -0.0344. The molecule has 0 atom stereocenters. The van der Waals surface area contributed by atoms with E-state index in [0.29, 0.717) is 54.1 Å². The van der Waals surface area contributed by atoms with Crippen molar-refractivity contribution in [2.45, 2.75) is 51.5 Å². The van der Waals surface area contributed by atoms with Crippen LogP contribution in [0.5, 0.6) is 0 Å². The average molecular weight is 542 g/mol. The van der Waals surface area contributed by atoms with E-state index in [1.807, 2.05) is 18.7 Å². The van der Waals surface area contributed by atoms with Crippen molar-refractivity contribution in [1.29, 1.82) is 0 Å². The molecule has 1 fully saturated rings. The topological polar surface area (TPSA) is 113 Å². The van der Waals surface area contributed by atoms with Gasteiger partial charge in [-0.3, -0.25) is 4.79 Å². The van der Waals surface area contributed by atoms with Crippen LogP contribution in [0.2, 0.25) is 0 Å². The van der Waals surface area contributed by atoms with Gasteiger partial charge in [0.1, 0.15) is 0 Å². The molecule has 1 aliphatic rings. The molecular weight excluding hydrogens is 512 g/mol. The lowest BCUT2D eigenvalue weighted by Crippen LogP contribution is -2.50. The maximum absolute atomic E-state index is 13.3. The van der Waals surface area contributed by atoms with E-state index >= 15 is 0 Å². The maximum Gasteiger partial charge on any atom is 0.291 e. The number of alkyl halides is 2. The molecule has 196 valence electrons. The van der Waals surface area contributed by atoms with Crippen molar-refractivity contribution < 1.29 is 22.0 Å². The minimum absolute atomic E-state index is 0.0148. The Morgan fingerprint density at radius 1 is 1.11 bits per heavy atom. The lowest BCUT2D eigenvalue weighted by molar-refractivity contribution is -0.134. The number of carbonyl (C=O) groups excluding carboxylic acids is 1. The van der Waals surface area contributed by atoms with Crippen molar-refractivity contribution in [2.75, 3.05) is 31.1 Å². The molecule has 4 rings (SSSR count). The molecule has 0 spiro atoms. The summed E-state index contributed by atoms with van der Waals surface area (Å²) >= 11 is 0.690. The third-order valence-corrected chi connectivity index (χ3v) is 8.26. The number of carbonyl (C=O) groups is 1. The van der Waals surface area contributed by atoms with E-state index in [9.17, 15) is 22.0 Å². The number of nitrogens with zero attached hydrogens (tertiary/aromatic N) is 6. The first-order valence-corrected chi connectivity index (χ1v) is 13.8. The van der Waals surface area contributed by atoms with Gasteiger partial charge in [0.15, 0.2) is 5.01 Å². The van der Waals surface area contributed by atoms with Crippen molar-refractivity contribution in [1.82, 2.24) is 29.6 Å². The Kier molecular flexibility index (Phi) is 7.05. The zero-order chi connectivity index (χ0) is 26.4. The summed E-state index contributed by atoms with van der Waals surface area (Å²) in [5, 5.41) is 12.0. The lowest BCUT2D eigenvalue weighted by Gasteiger charge is -2.37.